The van der Waals surface area contributed by atoms with Gasteiger partial charge in [0.15, 0.2) is 0 Å². The summed E-state index contributed by atoms with van der Waals surface area (Å²) >= 11 is 5.56. The van der Waals surface area contributed by atoms with Crippen LogP contribution in [0.15, 0.2) is 24.3 Å². The quantitative estimate of drug-likeness (QED) is 0.735. The smallest absolute Gasteiger partial charge is 0.115 e. The van der Waals surface area contributed by atoms with Gasteiger partial charge in [0.05, 0.1) is 5.60 Å². The average Bonchev–Trinajstić information content (AvgIpc) is 2.05. The number of aliphatic hydroxyl groups is 1. The summed E-state index contributed by atoms with van der Waals surface area (Å²) in [6.45, 7) is 1.71. The van der Waals surface area contributed by atoms with Gasteiger partial charge in [-0.15, -0.1) is 11.6 Å². The van der Waals surface area contributed by atoms with E-state index in [-0.39, 0.29) is 5.75 Å². The van der Waals surface area contributed by atoms with Crippen LogP contribution < -0.4 is 0 Å². The molecule has 13 heavy (non-hydrogen) atoms. The average molecular weight is 201 g/mol. The summed E-state index contributed by atoms with van der Waals surface area (Å²) in [7, 11) is 0. The van der Waals surface area contributed by atoms with Gasteiger partial charge in [-0.25, -0.2) is 0 Å². The topological polar surface area (TPSA) is 40.5 Å². The van der Waals surface area contributed by atoms with Crippen molar-refractivity contribution >= 4 is 11.6 Å². The monoisotopic (exact) mass is 200 g/mol. The molecule has 0 aliphatic carbocycles. The number of hydrogen-bond donors (Lipinski definition) is 2. The molecular weight excluding hydrogens is 188 g/mol. The molecule has 2 nitrogen and oxygen atoms in total. The molecular formula is C10H13ClO2. The van der Waals surface area contributed by atoms with E-state index in [1.807, 2.05) is 0 Å². The Kier molecular flexibility index (Phi) is 3.17. The summed E-state index contributed by atoms with van der Waals surface area (Å²) in [6, 6.07) is 6.50. The number of alkyl halides is 1. The van der Waals surface area contributed by atoms with Crippen LogP contribution in [0.3, 0.4) is 0 Å². The van der Waals surface area contributed by atoms with E-state index < -0.39 is 5.60 Å². The van der Waals surface area contributed by atoms with Crippen molar-refractivity contribution in [1.29, 1.82) is 0 Å². The maximum absolute atomic E-state index is 9.91. The Labute approximate surface area is 82.8 Å². The van der Waals surface area contributed by atoms with Crippen LogP contribution in [0.25, 0.3) is 0 Å². The van der Waals surface area contributed by atoms with Crippen LogP contribution in [0.1, 0.15) is 18.9 Å². The minimum Gasteiger partial charge on any atom is -0.508 e. The molecule has 2 N–H and O–H groups in total. The van der Waals surface area contributed by atoms with Crippen molar-refractivity contribution in [3.05, 3.63) is 29.8 Å². The van der Waals surface area contributed by atoms with Crippen molar-refractivity contribution in [3.63, 3.8) is 0 Å². The number of hydrogen-bond acceptors (Lipinski definition) is 2. The number of benzene rings is 1. The van der Waals surface area contributed by atoms with Gasteiger partial charge in [0, 0.05) is 5.88 Å². The van der Waals surface area contributed by atoms with E-state index in [0.29, 0.717) is 12.3 Å². The first-order valence-corrected chi connectivity index (χ1v) is 4.67. The van der Waals surface area contributed by atoms with Gasteiger partial charge >= 0.3 is 0 Å². The van der Waals surface area contributed by atoms with Crippen LogP contribution >= 0.6 is 11.6 Å². The van der Waals surface area contributed by atoms with Gasteiger partial charge < -0.3 is 10.2 Å². The van der Waals surface area contributed by atoms with Gasteiger partial charge in [0.25, 0.3) is 0 Å². The summed E-state index contributed by atoms with van der Waals surface area (Å²) in [4.78, 5) is 0. The molecule has 0 amide bonds. The van der Waals surface area contributed by atoms with Crippen molar-refractivity contribution < 1.29 is 10.2 Å². The van der Waals surface area contributed by atoms with Gasteiger partial charge in [-0.1, -0.05) is 12.1 Å². The lowest BCUT2D eigenvalue weighted by Crippen LogP contribution is -2.21. The Hall–Kier alpha value is -0.730. The molecule has 0 bridgehead atoms. The molecule has 0 heterocycles. The molecule has 72 valence electrons. The Balaban J connectivity index is 2.87. The van der Waals surface area contributed by atoms with Crippen LogP contribution in [0.4, 0.5) is 0 Å². The Morgan fingerprint density at radius 1 is 1.31 bits per heavy atom. The fourth-order valence-corrected chi connectivity index (χ4v) is 1.52. The fraction of sp³-hybridized carbons (Fsp3) is 0.400. The van der Waals surface area contributed by atoms with Crippen molar-refractivity contribution in [2.75, 3.05) is 5.88 Å². The second-order valence-corrected chi connectivity index (χ2v) is 3.64. The van der Waals surface area contributed by atoms with Crippen molar-refractivity contribution in [2.45, 2.75) is 18.9 Å². The lowest BCUT2D eigenvalue weighted by Gasteiger charge is -2.22. The summed E-state index contributed by atoms with van der Waals surface area (Å²) < 4.78 is 0. The van der Waals surface area contributed by atoms with Crippen LogP contribution in [0.5, 0.6) is 5.75 Å². The van der Waals surface area contributed by atoms with Crippen molar-refractivity contribution in [3.8, 4) is 5.75 Å². The maximum atomic E-state index is 9.91. The molecule has 3 heteroatoms. The standard InChI is InChI=1S/C10H13ClO2/c1-10(13,6-7-11)8-2-4-9(12)5-3-8/h2-5,12-13H,6-7H2,1H3. The molecule has 1 rings (SSSR count). The molecule has 0 saturated carbocycles. The zero-order chi connectivity index (χ0) is 9.90. The molecule has 0 saturated heterocycles. The summed E-state index contributed by atoms with van der Waals surface area (Å²) in [5, 5.41) is 19.0. The number of phenolic OH excluding ortho intramolecular Hbond substituents is 1. The van der Waals surface area contributed by atoms with Crippen LogP contribution in [0.2, 0.25) is 0 Å². The predicted molar refractivity (Wildman–Crippen MR) is 53.0 cm³/mol. The van der Waals surface area contributed by atoms with Crippen LogP contribution in [0, 0.1) is 0 Å². The molecule has 1 aromatic rings. The second-order valence-electron chi connectivity index (χ2n) is 3.26. The normalized spacial score (nSPS) is 15.3. The minimum absolute atomic E-state index is 0.199. The summed E-state index contributed by atoms with van der Waals surface area (Å²) in [6.07, 6.45) is 0.499. The summed E-state index contributed by atoms with van der Waals surface area (Å²) in [5.74, 6) is 0.610. The van der Waals surface area contributed by atoms with E-state index in [1.165, 1.54) is 0 Å². The lowest BCUT2D eigenvalue weighted by atomic mass is 9.93. The molecule has 0 spiro atoms. The third-order valence-electron chi connectivity index (χ3n) is 2.07. The maximum Gasteiger partial charge on any atom is 0.115 e. The molecule has 0 aromatic heterocycles. The Morgan fingerprint density at radius 2 is 1.85 bits per heavy atom. The molecule has 0 fully saturated rings. The van der Waals surface area contributed by atoms with Gasteiger partial charge in [-0.2, -0.15) is 0 Å². The van der Waals surface area contributed by atoms with Crippen LogP contribution in [-0.4, -0.2) is 16.1 Å². The highest BCUT2D eigenvalue weighted by Gasteiger charge is 2.21. The number of rotatable bonds is 3. The van der Waals surface area contributed by atoms with Gasteiger partial charge in [0.2, 0.25) is 0 Å². The van der Waals surface area contributed by atoms with E-state index in [9.17, 15) is 5.11 Å². The number of phenols is 1. The molecule has 0 aliphatic rings. The fourth-order valence-electron chi connectivity index (χ4n) is 1.15. The number of aromatic hydroxyl groups is 1. The SMILES string of the molecule is CC(O)(CCCl)c1ccc(O)cc1. The molecule has 1 unspecified atom stereocenters. The highest BCUT2D eigenvalue weighted by Crippen LogP contribution is 2.26. The third kappa shape index (κ3) is 2.61. The lowest BCUT2D eigenvalue weighted by molar-refractivity contribution is 0.0540. The highest BCUT2D eigenvalue weighted by atomic mass is 35.5. The van der Waals surface area contributed by atoms with Crippen molar-refractivity contribution in [1.82, 2.24) is 0 Å². The van der Waals surface area contributed by atoms with Crippen molar-refractivity contribution in [2.24, 2.45) is 0 Å². The van der Waals surface area contributed by atoms with Gasteiger partial charge in [-0.3, -0.25) is 0 Å². The highest BCUT2D eigenvalue weighted by molar-refractivity contribution is 6.17. The van der Waals surface area contributed by atoms with Crippen LogP contribution in [-0.2, 0) is 5.60 Å². The van der Waals surface area contributed by atoms with E-state index in [4.69, 9.17) is 16.7 Å². The molecule has 0 radical (unpaired) electrons. The second kappa shape index (κ2) is 3.99. The zero-order valence-corrected chi connectivity index (χ0v) is 8.25. The van der Waals surface area contributed by atoms with E-state index in [1.54, 1.807) is 31.2 Å². The van der Waals surface area contributed by atoms with Gasteiger partial charge in [-0.05, 0) is 31.0 Å². The van der Waals surface area contributed by atoms with E-state index >= 15 is 0 Å². The molecule has 0 aliphatic heterocycles. The first-order chi connectivity index (χ1) is 6.06. The third-order valence-corrected chi connectivity index (χ3v) is 2.26. The van der Waals surface area contributed by atoms with E-state index in [0.717, 1.165) is 5.56 Å². The molecule has 1 aromatic carbocycles. The summed E-state index contributed by atoms with van der Waals surface area (Å²) in [5.41, 5.74) is -0.138. The van der Waals surface area contributed by atoms with E-state index in [2.05, 4.69) is 0 Å². The predicted octanol–water partition coefficient (Wildman–Crippen LogP) is 2.23. The number of halogens is 1. The largest absolute Gasteiger partial charge is 0.508 e. The first-order valence-electron chi connectivity index (χ1n) is 4.14. The molecule has 1 atom stereocenters. The Morgan fingerprint density at radius 3 is 2.31 bits per heavy atom. The van der Waals surface area contributed by atoms with Gasteiger partial charge in [0.1, 0.15) is 5.75 Å². The minimum atomic E-state index is -0.907. The zero-order valence-electron chi connectivity index (χ0n) is 7.50. The first kappa shape index (κ1) is 10.4. The Bertz CT molecular complexity index is 267.